The summed E-state index contributed by atoms with van der Waals surface area (Å²) < 4.78 is 1.77. The van der Waals surface area contributed by atoms with E-state index < -0.39 is 0 Å². The van der Waals surface area contributed by atoms with Crippen LogP contribution in [0.5, 0.6) is 0 Å². The van der Waals surface area contributed by atoms with Crippen LogP contribution in [-0.2, 0) is 0 Å². The number of nitrogens with zero attached hydrogens (tertiary/aromatic N) is 2. The topological polar surface area (TPSA) is 17.8 Å². The van der Waals surface area contributed by atoms with Crippen molar-refractivity contribution in [3.05, 3.63) is 47.4 Å². The molecule has 0 amide bonds. The molecule has 2 aromatic rings. The summed E-state index contributed by atoms with van der Waals surface area (Å²) in [5.74, 6) is 0. The highest BCUT2D eigenvalue weighted by Crippen LogP contribution is 2.18. The summed E-state index contributed by atoms with van der Waals surface area (Å²) >= 11 is 1.67. The van der Waals surface area contributed by atoms with E-state index in [4.69, 9.17) is 0 Å². The smallest absolute Gasteiger partial charge is 0.0745 e. The van der Waals surface area contributed by atoms with Crippen LogP contribution in [0.25, 0.3) is 5.70 Å². The summed E-state index contributed by atoms with van der Waals surface area (Å²) in [6, 6.07) is 5.93. The summed E-state index contributed by atoms with van der Waals surface area (Å²) in [5, 5.41) is 6.13. The minimum absolute atomic E-state index is 0.926. The maximum Gasteiger partial charge on any atom is 0.0745 e. The first-order valence-electron chi connectivity index (χ1n) is 3.61. The van der Waals surface area contributed by atoms with Crippen LogP contribution in [0.1, 0.15) is 4.88 Å². The molecular weight excluding hydrogens is 168 g/mol. The van der Waals surface area contributed by atoms with E-state index in [0.29, 0.717) is 0 Å². The van der Waals surface area contributed by atoms with Gasteiger partial charge in [0.15, 0.2) is 0 Å². The molecule has 0 radical (unpaired) electrons. The van der Waals surface area contributed by atoms with Gasteiger partial charge >= 0.3 is 0 Å². The SMILES string of the molecule is C=C(c1cccs1)n1cccn1. The maximum atomic E-state index is 4.10. The number of hydrogen-bond acceptors (Lipinski definition) is 2. The quantitative estimate of drug-likeness (QED) is 0.687. The normalized spacial score (nSPS) is 10.0. The molecule has 0 aliphatic rings. The first-order valence-corrected chi connectivity index (χ1v) is 4.49. The Morgan fingerprint density at radius 3 is 3.00 bits per heavy atom. The van der Waals surface area contributed by atoms with E-state index in [1.54, 1.807) is 22.2 Å². The van der Waals surface area contributed by atoms with Gasteiger partial charge in [-0.3, -0.25) is 0 Å². The second-order valence-electron chi connectivity index (χ2n) is 2.37. The zero-order valence-electron chi connectivity index (χ0n) is 6.47. The van der Waals surface area contributed by atoms with E-state index in [2.05, 4.69) is 11.7 Å². The number of hydrogen-bond donors (Lipinski definition) is 0. The van der Waals surface area contributed by atoms with Crippen molar-refractivity contribution in [3.8, 4) is 0 Å². The molecule has 0 aromatic carbocycles. The molecule has 0 bridgehead atoms. The fourth-order valence-corrected chi connectivity index (χ4v) is 1.67. The van der Waals surface area contributed by atoms with Crippen molar-refractivity contribution in [2.45, 2.75) is 0 Å². The lowest BCUT2D eigenvalue weighted by atomic mass is 10.4. The number of aromatic nitrogens is 2. The molecule has 0 fully saturated rings. The van der Waals surface area contributed by atoms with Crippen LogP contribution < -0.4 is 0 Å². The Hall–Kier alpha value is -1.35. The van der Waals surface area contributed by atoms with Gasteiger partial charge in [0.05, 0.1) is 10.6 Å². The van der Waals surface area contributed by atoms with Crippen molar-refractivity contribution >= 4 is 17.0 Å². The van der Waals surface area contributed by atoms with Gasteiger partial charge in [-0.1, -0.05) is 12.6 Å². The lowest BCUT2D eigenvalue weighted by Gasteiger charge is -2.00. The van der Waals surface area contributed by atoms with Gasteiger partial charge in [0.25, 0.3) is 0 Å². The minimum Gasteiger partial charge on any atom is -0.240 e. The Bertz CT molecular complexity index is 323. The highest BCUT2D eigenvalue weighted by atomic mass is 32.1. The second kappa shape index (κ2) is 2.95. The molecular formula is C9H8N2S. The van der Waals surface area contributed by atoms with E-state index >= 15 is 0 Å². The van der Waals surface area contributed by atoms with E-state index in [0.717, 1.165) is 10.6 Å². The van der Waals surface area contributed by atoms with E-state index in [-0.39, 0.29) is 0 Å². The monoisotopic (exact) mass is 176 g/mol. The average molecular weight is 176 g/mol. The lowest BCUT2D eigenvalue weighted by molar-refractivity contribution is 0.910. The summed E-state index contributed by atoms with van der Waals surface area (Å²) in [6.45, 7) is 3.95. The molecule has 2 nitrogen and oxygen atoms in total. The summed E-state index contributed by atoms with van der Waals surface area (Å²) in [6.07, 6.45) is 3.64. The molecule has 0 unspecified atom stereocenters. The van der Waals surface area contributed by atoms with Gasteiger partial charge < -0.3 is 0 Å². The molecule has 2 heterocycles. The zero-order chi connectivity index (χ0) is 8.39. The second-order valence-corrected chi connectivity index (χ2v) is 3.32. The highest BCUT2D eigenvalue weighted by Gasteiger charge is 2.00. The Morgan fingerprint density at radius 1 is 1.50 bits per heavy atom. The van der Waals surface area contributed by atoms with Gasteiger partial charge in [0.2, 0.25) is 0 Å². The summed E-state index contributed by atoms with van der Waals surface area (Å²) in [4.78, 5) is 1.15. The molecule has 3 heteroatoms. The third-order valence-electron chi connectivity index (χ3n) is 1.59. The third kappa shape index (κ3) is 1.19. The van der Waals surface area contributed by atoms with Crippen molar-refractivity contribution in [3.63, 3.8) is 0 Å². The van der Waals surface area contributed by atoms with Crippen molar-refractivity contribution in [1.29, 1.82) is 0 Å². The lowest BCUT2D eigenvalue weighted by Crippen LogP contribution is -1.94. The van der Waals surface area contributed by atoms with Crippen LogP contribution in [0.15, 0.2) is 42.6 Å². The standard InChI is InChI=1S/C9H8N2S/c1-8(9-4-2-7-12-9)11-6-3-5-10-11/h2-7H,1H2. The molecule has 0 spiro atoms. The van der Waals surface area contributed by atoms with Gasteiger partial charge in [-0.15, -0.1) is 11.3 Å². The van der Waals surface area contributed by atoms with Crippen molar-refractivity contribution in [2.24, 2.45) is 0 Å². The molecule has 0 saturated carbocycles. The molecule has 2 rings (SSSR count). The Morgan fingerprint density at radius 2 is 2.42 bits per heavy atom. The molecule has 2 aromatic heterocycles. The predicted molar refractivity (Wildman–Crippen MR) is 51.0 cm³/mol. The zero-order valence-corrected chi connectivity index (χ0v) is 7.29. The fourth-order valence-electron chi connectivity index (χ4n) is 0.984. The van der Waals surface area contributed by atoms with E-state index in [1.807, 2.05) is 29.8 Å². The van der Waals surface area contributed by atoms with Crippen molar-refractivity contribution < 1.29 is 0 Å². The average Bonchev–Trinajstić information content (AvgIpc) is 2.77. The van der Waals surface area contributed by atoms with Crippen LogP contribution in [0, 0.1) is 0 Å². The van der Waals surface area contributed by atoms with Crippen LogP contribution in [0.3, 0.4) is 0 Å². The molecule has 60 valence electrons. The largest absolute Gasteiger partial charge is 0.240 e. The first kappa shape index (κ1) is 7.31. The fraction of sp³-hybridized carbons (Fsp3) is 0. The Kier molecular flexibility index (Phi) is 1.80. The van der Waals surface area contributed by atoms with Crippen LogP contribution in [-0.4, -0.2) is 9.78 Å². The van der Waals surface area contributed by atoms with Crippen molar-refractivity contribution in [2.75, 3.05) is 0 Å². The highest BCUT2D eigenvalue weighted by molar-refractivity contribution is 7.11. The van der Waals surface area contributed by atoms with Gasteiger partial charge in [0, 0.05) is 12.4 Å². The van der Waals surface area contributed by atoms with Crippen LogP contribution in [0.2, 0.25) is 0 Å². The third-order valence-corrected chi connectivity index (χ3v) is 2.51. The summed E-state index contributed by atoms with van der Waals surface area (Å²) in [7, 11) is 0. The predicted octanol–water partition coefficient (Wildman–Crippen LogP) is 2.46. The summed E-state index contributed by atoms with van der Waals surface area (Å²) in [5.41, 5.74) is 0.926. The van der Waals surface area contributed by atoms with E-state index in [1.165, 1.54) is 0 Å². The maximum absolute atomic E-state index is 4.10. The van der Waals surface area contributed by atoms with Crippen LogP contribution in [0.4, 0.5) is 0 Å². The molecule has 0 N–H and O–H groups in total. The van der Waals surface area contributed by atoms with Crippen LogP contribution >= 0.6 is 11.3 Å². The van der Waals surface area contributed by atoms with E-state index in [9.17, 15) is 0 Å². The molecule has 0 aliphatic heterocycles. The van der Waals surface area contributed by atoms with Gasteiger partial charge in [-0.25, -0.2) is 4.68 Å². The van der Waals surface area contributed by atoms with Gasteiger partial charge in [-0.2, -0.15) is 5.10 Å². The molecule has 0 saturated heterocycles. The van der Waals surface area contributed by atoms with Crippen molar-refractivity contribution in [1.82, 2.24) is 9.78 Å². The number of rotatable bonds is 2. The minimum atomic E-state index is 0.926. The molecule has 0 aliphatic carbocycles. The van der Waals surface area contributed by atoms with Gasteiger partial charge in [0.1, 0.15) is 0 Å². The molecule has 12 heavy (non-hydrogen) atoms. The Balaban J connectivity index is 2.34. The molecule has 0 atom stereocenters. The van der Waals surface area contributed by atoms with Gasteiger partial charge in [-0.05, 0) is 17.5 Å². The number of thiophene rings is 1. The Labute approximate surface area is 74.8 Å². The first-order chi connectivity index (χ1) is 5.88.